The Morgan fingerprint density at radius 1 is 1.20 bits per heavy atom. The SMILES string of the molecule is Cc1cc(Cl)ccc1C(=O)c1ccc2[nH]c(=O)oc2c1. The quantitative estimate of drug-likeness (QED) is 0.736. The fraction of sp³-hybridized carbons (Fsp3) is 0.0667. The van der Waals surface area contributed by atoms with Crippen molar-refractivity contribution >= 4 is 28.5 Å². The Kier molecular flexibility index (Phi) is 2.95. The highest BCUT2D eigenvalue weighted by atomic mass is 35.5. The van der Waals surface area contributed by atoms with Gasteiger partial charge < -0.3 is 4.42 Å². The van der Waals surface area contributed by atoms with Crippen molar-refractivity contribution < 1.29 is 9.21 Å². The van der Waals surface area contributed by atoms with E-state index in [1.54, 1.807) is 36.4 Å². The van der Waals surface area contributed by atoms with Crippen LogP contribution >= 0.6 is 11.6 Å². The molecule has 0 aliphatic carbocycles. The largest absolute Gasteiger partial charge is 0.417 e. The molecule has 0 atom stereocenters. The summed E-state index contributed by atoms with van der Waals surface area (Å²) in [4.78, 5) is 26.1. The zero-order chi connectivity index (χ0) is 14.3. The van der Waals surface area contributed by atoms with Crippen molar-refractivity contribution in [2.24, 2.45) is 0 Å². The normalized spacial score (nSPS) is 10.9. The Bertz CT molecular complexity index is 876. The first kappa shape index (κ1) is 12.7. The molecule has 3 rings (SSSR count). The Balaban J connectivity index is 2.09. The Morgan fingerprint density at radius 2 is 2.00 bits per heavy atom. The molecule has 0 bridgehead atoms. The number of oxazole rings is 1. The summed E-state index contributed by atoms with van der Waals surface area (Å²) < 4.78 is 4.96. The van der Waals surface area contributed by atoms with E-state index in [1.165, 1.54) is 0 Å². The van der Waals surface area contributed by atoms with E-state index < -0.39 is 5.76 Å². The lowest BCUT2D eigenvalue weighted by molar-refractivity contribution is 0.103. The van der Waals surface area contributed by atoms with E-state index in [0.29, 0.717) is 27.2 Å². The molecule has 0 saturated heterocycles. The predicted octanol–water partition coefficient (Wildman–Crippen LogP) is 3.31. The summed E-state index contributed by atoms with van der Waals surface area (Å²) in [7, 11) is 0. The molecule has 1 aromatic heterocycles. The summed E-state index contributed by atoms with van der Waals surface area (Å²) in [6.07, 6.45) is 0. The molecule has 3 aromatic rings. The van der Waals surface area contributed by atoms with Crippen LogP contribution in [0.15, 0.2) is 45.6 Å². The van der Waals surface area contributed by atoms with Gasteiger partial charge in [0.25, 0.3) is 0 Å². The van der Waals surface area contributed by atoms with E-state index in [2.05, 4.69) is 4.98 Å². The molecule has 0 amide bonds. The summed E-state index contributed by atoms with van der Waals surface area (Å²) in [5.41, 5.74) is 2.78. The fourth-order valence-corrected chi connectivity index (χ4v) is 2.35. The van der Waals surface area contributed by atoms with Crippen LogP contribution in [0.1, 0.15) is 21.5 Å². The minimum atomic E-state index is -0.535. The average Bonchev–Trinajstić information content (AvgIpc) is 2.77. The average molecular weight is 288 g/mol. The molecule has 0 radical (unpaired) electrons. The number of halogens is 1. The lowest BCUT2D eigenvalue weighted by atomic mass is 9.99. The number of carbonyl (C=O) groups excluding carboxylic acids is 1. The van der Waals surface area contributed by atoms with E-state index in [9.17, 15) is 9.59 Å². The maximum Gasteiger partial charge on any atom is 0.417 e. The second-order valence-corrected chi connectivity index (χ2v) is 4.95. The number of rotatable bonds is 2. The highest BCUT2D eigenvalue weighted by molar-refractivity contribution is 6.30. The van der Waals surface area contributed by atoms with Crippen LogP contribution in [0.25, 0.3) is 11.1 Å². The van der Waals surface area contributed by atoms with E-state index in [1.807, 2.05) is 6.92 Å². The van der Waals surface area contributed by atoms with Crippen molar-refractivity contribution in [1.29, 1.82) is 0 Å². The third-order valence-electron chi connectivity index (χ3n) is 3.12. The summed E-state index contributed by atoms with van der Waals surface area (Å²) in [5, 5.41) is 0.589. The van der Waals surface area contributed by atoms with Crippen molar-refractivity contribution in [2.45, 2.75) is 6.92 Å². The molecule has 20 heavy (non-hydrogen) atoms. The topological polar surface area (TPSA) is 63.1 Å². The van der Waals surface area contributed by atoms with Gasteiger partial charge in [-0.1, -0.05) is 11.6 Å². The number of carbonyl (C=O) groups is 1. The Hall–Kier alpha value is -2.33. The number of hydrogen-bond donors (Lipinski definition) is 1. The van der Waals surface area contributed by atoms with Crippen molar-refractivity contribution in [2.75, 3.05) is 0 Å². The van der Waals surface area contributed by atoms with E-state index in [-0.39, 0.29) is 5.78 Å². The van der Waals surface area contributed by atoms with Gasteiger partial charge in [-0.15, -0.1) is 0 Å². The van der Waals surface area contributed by atoms with Gasteiger partial charge in [-0.05, 0) is 48.9 Å². The Labute approximate surface area is 119 Å². The van der Waals surface area contributed by atoms with Gasteiger partial charge in [0.2, 0.25) is 0 Å². The van der Waals surface area contributed by atoms with Crippen LogP contribution in [-0.4, -0.2) is 10.8 Å². The van der Waals surface area contributed by atoms with Crippen LogP contribution in [0.5, 0.6) is 0 Å². The van der Waals surface area contributed by atoms with Crippen molar-refractivity contribution in [3.63, 3.8) is 0 Å². The number of fused-ring (bicyclic) bond motifs is 1. The van der Waals surface area contributed by atoms with Crippen LogP contribution in [0.4, 0.5) is 0 Å². The molecule has 0 spiro atoms. The van der Waals surface area contributed by atoms with Crippen molar-refractivity contribution in [1.82, 2.24) is 4.98 Å². The number of ketones is 1. The van der Waals surface area contributed by atoms with Gasteiger partial charge in [-0.25, -0.2) is 4.79 Å². The summed E-state index contributed by atoms with van der Waals surface area (Å²) in [6.45, 7) is 1.83. The number of benzene rings is 2. The third kappa shape index (κ3) is 2.14. The molecular formula is C15H10ClNO3. The number of aryl methyl sites for hydroxylation is 1. The molecule has 0 aliphatic heterocycles. The monoisotopic (exact) mass is 287 g/mol. The standard InChI is InChI=1S/C15H10ClNO3/c1-8-6-10(16)3-4-11(8)14(18)9-2-5-12-13(7-9)20-15(19)17-12/h2-7H,1H3,(H,17,19). The smallest absolute Gasteiger partial charge is 0.408 e. The molecule has 5 heteroatoms. The molecule has 0 aliphatic rings. The van der Waals surface area contributed by atoms with Crippen LogP contribution in [-0.2, 0) is 0 Å². The minimum absolute atomic E-state index is 0.134. The number of aromatic nitrogens is 1. The van der Waals surface area contributed by atoms with Crippen LogP contribution in [0.2, 0.25) is 5.02 Å². The van der Waals surface area contributed by atoms with Crippen LogP contribution in [0.3, 0.4) is 0 Å². The second-order valence-electron chi connectivity index (χ2n) is 4.51. The number of aromatic amines is 1. The first-order valence-electron chi connectivity index (χ1n) is 5.98. The second kappa shape index (κ2) is 4.65. The molecule has 4 nitrogen and oxygen atoms in total. The maximum atomic E-state index is 12.5. The van der Waals surface area contributed by atoms with Gasteiger partial charge >= 0.3 is 5.76 Å². The zero-order valence-corrected chi connectivity index (χ0v) is 11.3. The highest BCUT2D eigenvalue weighted by Gasteiger charge is 2.13. The van der Waals surface area contributed by atoms with Crippen molar-refractivity contribution in [3.8, 4) is 0 Å². The predicted molar refractivity (Wildman–Crippen MR) is 76.5 cm³/mol. The van der Waals surface area contributed by atoms with Gasteiger partial charge in [-0.3, -0.25) is 9.78 Å². The molecule has 1 heterocycles. The number of nitrogens with one attached hydrogen (secondary N) is 1. The van der Waals surface area contributed by atoms with Gasteiger partial charge in [-0.2, -0.15) is 0 Å². The molecule has 0 saturated carbocycles. The summed E-state index contributed by atoms with van der Waals surface area (Å²) >= 11 is 5.88. The molecule has 1 N–H and O–H groups in total. The molecule has 2 aromatic carbocycles. The van der Waals surface area contributed by atoms with E-state index >= 15 is 0 Å². The lowest BCUT2D eigenvalue weighted by Crippen LogP contribution is -2.03. The molecule has 0 unspecified atom stereocenters. The Morgan fingerprint density at radius 3 is 2.75 bits per heavy atom. The van der Waals surface area contributed by atoms with Gasteiger partial charge in [0, 0.05) is 16.1 Å². The van der Waals surface area contributed by atoms with Gasteiger partial charge in [0.15, 0.2) is 11.4 Å². The van der Waals surface area contributed by atoms with Gasteiger partial charge in [0.05, 0.1) is 5.52 Å². The zero-order valence-electron chi connectivity index (χ0n) is 10.6. The van der Waals surface area contributed by atoms with E-state index in [4.69, 9.17) is 16.0 Å². The van der Waals surface area contributed by atoms with Gasteiger partial charge in [0.1, 0.15) is 0 Å². The maximum absolute atomic E-state index is 12.5. The van der Waals surface area contributed by atoms with Crippen molar-refractivity contribution in [3.05, 3.63) is 68.7 Å². The number of hydrogen-bond acceptors (Lipinski definition) is 3. The molecule has 100 valence electrons. The lowest BCUT2D eigenvalue weighted by Gasteiger charge is -2.05. The fourth-order valence-electron chi connectivity index (χ4n) is 2.12. The molecular weight excluding hydrogens is 278 g/mol. The first-order chi connectivity index (χ1) is 9.54. The summed E-state index contributed by atoms with van der Waals surface area (Å²) in [6, 6.07) is 9.98. The summed E-state index contributed by atoms with van der Waals surface area (Å²) in [5.74, 6) is -0.669. The highest BCUT2D eigenvalue weighted by Crippen LogP contribution is 2.20. The first-order valence-corrected chi connectivity index (χ1v) is 6.36. The van der Waals surface area contributed by atoms with Crippen LogP contribution < -0.4 is 5.76 Å². The third-order valence-corrected chi connectivity index (χ3v) is 3.35. The van der Waals surface area contributed by atoms with E-state index in [0.717, 1.165) is 5.56 Å². The van der Waals surface area contributed by atoms with Crippen LogP contribution in [0, 0.1) is 6.92 Å². The molecule has 0 fully saturated rings. The number of H-pyrrole nitrogens is 1. The minimum Gasteiger partial charge on any atom is -0.408 e.